The van der Waals surface area contributed by atoms with Gasteiger partial charge in [0.05, 0.1) is 0 Å². The van der Waals surface area contributed by atoms with E-state index in [0.717, 1.165) is 11.5 Å². The van der Waals surface area contributed by atoms with E-state index in [0.29, 0.717) is 0 Å². The second kappa shape index (κ2) is 12.2. The maximum absolute atomic E-state index is 8.41. The van der Waals surface area contributed by atoms with Crippen molar-refractivity contribution in [2.45, 2.75) is 138 Å². The molecule has 0 N–H and O–H groups in total. The molecule has 4 aliphatic rings. The Balaban J connectivity index is 1.74. The van der Waals surface area contributed by atoms with Crippen LogP contribution in [0.4, 0.5) is 0 Å². The quantitative estimate of drug-likeness (QED) is 0.266. The summed E-state index contributed by atoms with van der Waals surface area (Å²) >= 11 is -5.13. The molecule has 247 valence electrons. The monoisotopic (exact) mass is 713 g/mol. The van der Waals surface area contributed by atoms with Gasteiger partial charge in [-0.15, -0.1) is 0 Å². The average molecular weight is 715 g/mol. The fourth-order valence-electron chi connectivity index (χ4n) is 9.25. The molecule has 0 spiro atoms. The van der Waals surface area contributed by atoms with E-state index in [2.05, 4.69) is 129 Å². The summed E-state index contributed by atoms with van der Waals surface area (Å²) in [5.74, 6) is 0.434. The molecule has 46 heavy (non-hydrogen) atoms. The molecule has 2 atom stereocenters. The first-order valence-electron chi connectivity index (χ1n) is 18.2. The van der Waals surface area contributed by atoms with Crippen LogP contribution < -0.4 is 5.63 Å². The van der Waals surface area contributed by atoms with Gasteiger partial charge in [0.1, 0.15) is 0 Å². The minimum absolute atomic E-state index is 0.0549. The normalized spacial score (nSPS) is 22.6. The molecule has 2 nitrogen and oxygen atoms in total. The van der Waals surface area contributed by atoms with Gasteiger partial charge in [0.25, 0.3) is 0 Å². The standard InChI is InChI=1S/2C11H16O.2C9H11.C2H7Si.Zr/c2*1-8-5-6-10(12)9(7-8)11(2,3)4;2*1-2-5-9-7-3-6-8(9)4-1;1-3-2;/h2*5-7,12H,1-4H3;2*3,6-7H,1-2,4-5H2;3H,1-2H3;/q;;;;;+2/p-2. The summed E-state index contributed by atoms with van der Waals surface area (Å²) in [6.45, 7) is 23.7. The number of benzene rings is 2. The van der Waals surface area contributed by atoms with E-state index in [9.17, 15) is 0 Å². The van der Waals surface area contributed by atoms with E-state index < -0.39 is 24.7 Å². The molecule has 4 aliphatic carbocycles. The van der Waals surface area contributed by atoms with Gasteiger partial charge in [0.2, 0.25) is 0 Å². The third kappa shape index (κ3) is 5.66. The van der Waals surface area contributed by atoms with Crippen molar-refractivity contribution in [1.29, 1.82) is 0 Å². The Hall–Kier alpha value is -1.90. The van der Waals surface area contributed by atoms with Crippen molar-refractivity contribution in [2.24, 2.45) is 0 Å². The van der Waals surface area contributed by atoms with Crippen molar-refractivity contribution >= 4 is 5.92 Å². The Morgan fingerprint density at radius 3 is 1.37 bits per heavy atom. The van der Waals surface area contributed by atoms with Gasteiger partial charge in [-0.05, 0) is 0 Å². The van der Waals surface area contributed by atoms with E-state index in [1.165, 1.54) is 73.6 Å². The van der Waals surface area contributed by atoms with Crippen molar-refractivity contribution in [3.05, 3.63) is 105 Å². The Labute approximate surface area is 283 Å². The fourth-order valence-corrected chi connectivity index (χ4v) is 43.2. The van der Waals surface area contributed by atoms with Crippen LogP contribution in [0.15, 0.2) is 83.0 Å². The molecule has 0 bridgehead atoms. The first-order chi connectivity index (χ1) is 21.6. The van der Waals surface area contributed by atoms with Gasteiger partial charge in [0, 0.05) is 0 Å². The molecule has 2 unspecified atom stereocenters. The molecular weight excluding hydrogens is 656 g/mol. The summed E-state index contributed by atoms with van der Waals surface area (Å²) in [6, 6.07) is 13.9. The van der Waals surface area contributed by atoms with Crippen LogP contribution >= 0.6 is 0 Å². The van der Waals surface area contributed by atoms with Crippen molar-refractivity contribution in [1.82, 2.24) is 0 Å². The summed E-state index contributed by atoms with van der Waals surface area (Å²) in [4.78, 5) is 0. The maximum atomic E-state index is 8.41. The number of hydrogen-bond donors (Lipinski definition) is 0. The van der Waals surface area contributed by atoms with Gasteiger partial charge >= 0.3 is 285 Å². The predicted molar refractivity (Wildman–Crippen MR) is 197 cm³/mol. The summed E-state index contributed by atoms with van der Waals surface area (Å²) < 4.78 is 17.3. The second-order valence-corrected chi connectivity index (χ2v) is 45.3. The van der Waals surface area contributed by atoms with Gasteiger partial charge < -0.3 is 0 Å². The van der Waals surface area contributed by atoms with Crippen LogP contribution in [0.1, 0.15) is 115 Å². The number of allylic oxidation sites excluding steroid dienone is 8. The Morgan fingerprint density at radius 1 is 0.609 bits per heavy atom. The van der Waals surface area contributed by atoms with Crippen molar-refractivity contribution in [3.63, 3.8) is 0 Å². The molecule has 0 saturated heterocycles. The van der Waals surface area contributed by atoms with Crippen molar-refractivity contribution in [2.75, 3.05) is 0 Å². The average Bonchev–Trinajstić information content (AvgIpc) is 3.63. The summed E-state index contributed by atoms with van der Waals surface area (Å²) in [6.07, 6.45) is 20.1. The van der Waals surface area contributed by atoms with Crippen LogP contribution in [-0.4, -0.2) is 5.92 Å². The van der Waals surface area contributed by atoms with E-state index in [4.69, 9.17) is 5.63 Å². The predicted octanol–water partition coefficient (Wildman–Crippen LogP) is 12.3. The van der Waals surface area contributed by atoms with Crippen LogP contribution in [-0.2, 0) is 29.7 Å². The number of hydrogen-bond acceptors (Lipinski definition) is 2. The molecule has 0 aromatic heterocycles. The number of rotatable bonds is 7. The van der Waals surface area contributed by atoms with Gasteiger partial charge in [-0.3, -0.25) is 0 Å². The molecule has 0 aliphatic heterocycles. The van der Waals surface area contributed by atoms with Crippen LogP contribution in [0.5, 0.6) is 11.5 Å². The molecule has 0 amide bonds. The molecule has 0 heterocycles. The Kier molecular flexibility index (Phi) is 9.02. The van der Waals surface area contributed by atoms with Gasteiger partial charge in [-0.25, -0.2) is 0 Å². The number of aryl methyl sites for hydroxylation is 2. The molecule has 2 aromatic carbocycles. The van der Waals surface area contributed by atoms with Gasteiger partial charge in [0.15, 0.2) is 0 Å². The molecular formula is C42H59O2SiZr. The zero-order valence-electron chi connectivity index (χ0n) is 30.5. The SMILES string of the molecule is Cc1ccc([O][Zr]([O]c2ccc(C)cc2C(C)(C)C)([CH]2C=CC3=C2CCCC3)([CH]2C=CC3=C2CCCC3)[SiH](C)C)c(C(C)(C)C)c1. The summed E-state index contributed by atoms with van der Waals surface area (Å²) in [5.41, 5.74) is 11.6. The zero-order chi connectivity index (χ0) is 33.1. The van der Waals surface area contributed by atoms with Crippen LogP contribution in [0.3, 0.4) is 0 Å². The third-order valence-electron chi connectivity index (χ3n) is 11.7. The Morgan fingerprint density at radius 2 is 1.00 bits per heavy atom. The van der Waals surface area contributed by atoms with Crippen molar-refractivity contribution < 1.29 is 24.4 Å². The second-order valence-electron chi connectivity index (χ2n) is 17.3. The van der Waals surface area contributed by atoms with Gasteiger partial charge in [-0.2, -0.15) is 0 Å². The van der Waals surface area contributed by atoms with Crippen LogP contribution in [0, 0.1) is 13.8 Å². The topological polar surface area (TPSA) is 18.5 Å². The molecule has 2 aromatic rings. The molecule has 4 heteroatoms. The zero-order valence-corrected chi connectivity index (χ0v) is 34.1. The first kappa shape index (κ1) is 34.0. The van der Waals surface area contributed by atoms with E-state index in [1.807, 2.05) is 0 Å². The molecule has 0 radical (unpaired) electrons. The van der Waals surface area contributed by atoms with Gasteiger partial charge in [-0.1, -0.05) is 0 Å². The van der Waals surface area contributed by atoms with E-state index in [-0.39, 0.29) is 18.1 Å². The van der Waals surface area contributed by atoms with Crippen molar-refractivity contribution in [3.8, 4) is 11.5 Å². The van der Waals surface area contributed by atoms with E-state index in [1.54, 1.807) is 22.3 Å². The molecule has 0 saturated carbocycles. The van der Waals surface area contributed by atoms with Crippen LogP contribution in [0.25, 0.3) is 0 Å². The van der Waals surface area contributed by atoms with E-state index >= 15 is 0 Å². The first-order valence-corrected chi connectivity index (χ1v) is 30.2. The Bertz CT molecular complexity index is 1520. The fraction of sp³-hybridized carbons (Fsp3) is 0.524. The third-order valence-corrected chi connectivity index (χ3v) is 48.4. The summed E-state index contributed by atoms with van der Waals surface area (Å²) in [7, 11) is 0. The minimum atomic E-state index is -5.13. The summed E-state index contributed by atoms with van der Waals surface area (Å²) in [5, 5.41) is 0. The molecule has 6 rings (SSSR count). The van der Waals surface area contributed by atoms with Crippen LogP contribution in [0.2, 0.25) is 20.3 Å². The molecule has 0 fully saturated rings.